The number of anilines is 1. The maximum atomic E-state index is 12.7. The van der Waals surface area contributed by atoms with Crippen LogP contribution < -0.4 is 5.32 Å². The minimum Gasteiger partial charge on any atom is -0.370 e. The van der Waals surface area contributed by atoms with Crippen LogP contribution >= 0.6 is 0 Å². The highest BCUT2D eigenvalue weighted by Crippen LogP contribution is 2.27. The molecule has 0 radical (unpaired) electrons. The highest BCUT2D eigenvalue weighted by Gasteiger charge is 2.32. The second-order valence-corrected chi connectivity index (χ2v) is 5.08. The van der Waals surface area contributed by atoms with Crippen molar-refractivity contribution in [1.29, 1.82) is 0 Å². The van der Waals surface area contributed by atoms with Gasteiger partial charge in [0.1, 0.15) is 17.6 Å². The van der Waals surface area contributed by atoms with Crippen LogP contribution in [0.4, 0.5) is 11.5 Å². The van der Waals surface area contributed by atoms with Crippen LogP contribution in [-0.4, -0.2) is 39.8 Å². The smallest absolute Gasteiger partial charge is 0.300 e. The molecule has 1 amide bonds. The largest absolute Gasteiger partial charge is 0.370 e. The lowest BCUT2D eigenvalue weighted by molar-refractivity contribution is -0.385. The number of likely N-dealkylation sites (tertiary alicyclic amines) is 1. The van der Waals surface area contributed by atoms with Crippen molar-refractivity contribution in [2.24, 2.45) is 0 Å². The lowest BCUT2D eigenvalue weighted by Crippen LogP contribution is -2.35. The molecule has 0 bridgehead atoms. The van der Waals surface area contributed by atoms with E-state index in [-0.39, 0.29) is 23.2 Å². The first-order valence-electron chi connectivity index (χ1n) is 7.27. The van der Waals surface area contributed by atoms with Crippen LogP contribution in [-0.2, 0) is 0 Å². The van der Waals surface area contributed by atoms with Gasteiger partial charge in [-0.2, -0.15) is 0 Å². The Morgan fingerprint density at radius 1 is 1.57 bits per heavy atom. The van der Waals surface area contributed by atoms with Gasteiger partial charge in [0, 0.05) is 25.2 Å². The molecule has 1 aliphatic heterocycles. The number of aromatic nitrogens is 1. The first kappa shape index (κ1) is 15.2. The Morgan fingerprint density at radius 2 is 2.33 bits per heavy atom. The number of amides is 1. The number of hydrogen-bond acceptors (Lipinski definition) is 5. The number of nitrogens with one attached hydrogen (secondary N) is 1. The zero-order chi connectivity index (χ0) is 15.4. The van der Waals surface area contributed by atoms with E-state index >= 15 is 0 Å². The SMILES string of the molecule is CCNc1cc(C(=O)N2CCCC2CC)c([N+](=O)[O-])cn1. The van der Waals surface area contributed by atoms with Gasteiger partial charge in [-0.3, -0.25) is 14.9 Å². The fourth-order valence-electron chi connectivity index (χ4n) is 2.72. The molecule has 1 aromatic rings. The van der Waals surface area contributed by atoms with Crippen LogP contribution in [0.25, 0.3) is 0 Å². The molecule has 1 unspecified atom stereocenters. The van der Waals surface area contributed by atoms with Gasteiger partial charge in [0.05, 0.1) is 4.92 Å². The molecule has 0 aliphatic carbocycles. The third kappa shape index (κ3) is 3.12. The normalized spacial score (nSPS) is 17.8. The van der Waals surface area contributed by atoms with E-state index < -0.39 is 4.92 Å². The van der Waals surface area contributed by atoms with E-state index in [0.29, 0.717) is 18.9 Å². The van der Waals surface area contributed by atoms with E-state index in [1.807, 2.05) is 13.8 Å². The van der Waals surface area contributed by atoms with Crippen LogP contribution in [0.5, 0.6) is 0 Å². The summed E-state index contributed by atoms with van der Waals surface area (Å²) in [5.41, 5.74) is -0.116. The molecule has 2 rings (SSSR count). The lowest BCUT2D eigenvalue weighted by atomic mass is 10.1. The van der Waals surface area contributed by atoms with Crippen molar-refractivity contribution < 1.29 is 9.72 Å². The summed E-state index contributed by atoms with van der Waals surface area (Å²) in [6.45, 7) is 5.23. The number of nitro groups is 1. The molecule has 1 aliphatic rings. The number of nitrogens with zero attached hydrogens (tertiary/aromatic N) is 3. The van der Waals surface area contributed by atoms with Gasteiger partial charge in [0.25, 0.3) is 11.6 Å². The van der Waals surface area contributed by atoms with E-state index in [1.54, 1.807) is 4.90 Å². The van der Waals surface area contributed by atoms with Crippen molar-refractivity contribution >= 4 is 17.4 Å². The average Bonchev–Trinajstić information content (AvgIpc) is 2.95. The molecular weight excluding hydrogens is 272 g/mol. The van der Waals surface area contributed by atoms with Crippen molar-refractivity contribution in [1.82, 2.24) is 9.88 Å². The minimum atomic E-state index is -0.549. The summed E-state index contributed by atoms with van der Waals surface area (Å²) in [6, 6.07) is 1.66. The Labute approximate surface area is 123 Å². The Bertz CT molecular complexity index is 547. The Kier molecular flexibility index (Phi) is 4.72. The molecule has 0 aromatic carbocycles. The van der Waals surface area contributed by atoms with Crippen LogP contribution in [0.3, 0.4) is 0 Å². The molecule has 1 fully saturated rings. The molecule has 7 heteroatoms. The first-order chi connectivity index (χ1) is 10.1. The average molecular weight is 292 g/mol. The number of carbonyl (C=O) groups is 1. The van der Waals surface area contributed by atoms with Crippen LogP contribution in [0.1, 0.15) is 43.5 Å². The quantitative estimate of drug-likeness (QED) is 0.665. The van der Waals surface area contributed by atoms with Gasteiger partial charge in [0.2, 0.25) is 0 Å². The van der Waals surface area contributed by atoms with Crippen LogP contribution in [0.2, 0.25) is 0 Å². The topological polar surface area (TPSA) is 88.4 Å². The van der Waals surface area contributed by atoms with E-state index in [2.05, 4.69) is 10.3 Å². The summed E-state index contributed by atoms with van der Waals surface area (Å²) >= 11 is 0. The molecule has 1 saturated heterocycles. The molecule has 1 aromatic heterocycles. The van der Waals surface area contributed by atoms with E-state index in [4.69, 9.17) is 0 Å². The fraction of sp³-hybridized carbons (Fsp3) is 0.571. The molecule has 2 heterocycles. The maximum Gasteiger partial charge on any atom is 0.300 e. The van der Waals surface area contributed by atoms with Crippen LogP contribution in [0.15, 0.2) is 12.3 Å². The van der Waals surface area contributed by atoms with Gasteiger partial charge in [0.15, 0.2) is 0 Å². The molecule has 0 saturated carbocycles. The summed E-state index contributed by atoms with van der Waals surface area (Å²) in [5.74, 6) is 0.214. The number of carbonyl (C=O) groups excluding carboxylic acids is 1. The summed E-state index contributed by atoms with van der Waals surface area (Å²) < 4.78 is 0. The van der Waals surface area contributed by atoms with E-state index in [1.165, 1.54) is 6.07 Å². The predicted octanol–water partition coefficient (Wildman–Crippen LogP) is 2.44. The third-order valence-electron chi connectivity index (χ3n) is 3.78. The molecule has 1 N–H and O–H groups in total. The van der Waals surface area contributed by atoms with E-state index in [0.717, 1.165) is 25.5 Å². The van der Waals surface area contributed by atoms with Gasteiger partial charge in [-0.25, -0.2) is 4.98 Å². The van der Waals surface area contributed by atoms with Crippen molar-refractivity contribution in [3.63, 3.8) is 0 Å². The third-order valence-corrected chi connectivity index (χ3v) is 3.78. The Morgan fingerprint density at radius 3 is 2.95 bits per heavy atom. The molecule has 1 atom stereocenters. The van der Waals surface area contributed by atoms with Crippen molar-refractivity contribution in [2.45, 2.75) is 39.2 Å². The zero-order valence-corrected chi connectivity index (χ0v) is 12.3. The number of rotatable bonds is 5. The molecule has 21 heavy (non-hydrogen) atoms. The molecular formula is C14H20N4O3. The second-order valence-electron chi connectivity index (χ2n) is 5.08. The van der Waals surface area contributed by atoms with Gasteiger partial charge in [-0.05, 0) is 26.2 Å². The predicted molar refractivity (Wildman–Crippen MR) is 79.4 cm³/mol. The van der Waals surface area contributed by atoms with Gasteiger partial charge < -0.3 is 10.2 Å². The van der Waals surface area contributed by atoms with Crippen molar-refractivity contribution in [3.05, 3.63) is 27.9 Å². The van der Waals surface area contributed by atoms with Crippen molar-refractivity contribution in [3.8, 4) is 0 Å². The minimum absolute atomic E-state index is 0.117. The second kappa shape index (κ2) is 6.51. The summed E-state index contributed by atoms with van der Waals surface area (Å²) in [6.07, 6.45) is 3.93. The Balaban J connectivity index is 2.37. The highest BCUT2D eigenvalue weighted by atomic mass is 16.6. The summed E-state index contributed by atoms with van der Waals surface area (Å²) in [4.78, 5) is 29.0. The molecule has 114 valence electrons. The molecule has 7 nitrogen and oxygen atoms in total. The van der Waals surface area contributed by atoms with Crippen LogP contribution in [0, 0.1) is 10.1 Å². The number of hydrogen-bond donors (Lipinski definition) is 1. The van der Waals surface area contributed by atoms with Gasteiger partial charge in [-0.15, -0.1) is 0 Å². The van der Waals surface area contributed by atoms with Gasteiger partial charge in [-0.1, -0.05) is 6.92 Å². The van der Waals surface area contributed by atoms with Gasteiger partial charge >= 0.3 is 0 Å². The monoisotopic (exact) mass is 292 g/mol. The van der Waals surface area contributed by atoms with E-state index in [9.17, 15) is 14.9 Å². The maximum absolute atomic E-state index is 12.7. The number of pyridine rings is 1. The standard InChI is InChI=1S/C14H20N4O3/c1-3-10-6-5-7-17(10)14(19)11-8-13(15-4-2)16-9-12(11)18(20)21/h8-10H,3-7H2,1-2H3,(H,15,16). The lowest BCUT2D eigenvalue weighted by Gasteiger charge is -2.23. The summed E-state index contributed by atoms with van der Waals surface area (Å²) in [5, 5.41) is 14.1. The fourth-order valence-corrected chi connectivity index (χ4v) is 2.72. The first-order valence-corrected chi connectivity index (χ1v) is 7.27. The Hall–Kier alpha value is -2.18. The zero-order valence-electron chi connectivity index (χ0n) is 12.3. The summed E-state index contributed by atoms with van der Waals surface area (Å²) in [7, 11) is 0. The highest BCUT2D eigenvalue weighted by molar-refractivity contribution is 5.99. The van der Waals surface area contributed by atoms with Crippen molar-refractivity contribution in [2.75, 3.05) is 18.4 Å². The molecule has 0 spiro atoms.